The molecule has 1 saturated carbocycles. The van der Waals surface area contributed by atoms with E-state index in [2.05, 4.69) is 21.4 Å². The second-order valence-electron chi connectivity index (χ2n) is 9.79. The van der Waals surface area contributed by atoms with Crippen LogP contribution < -0.4 is 5.32 Å². The molecule has 0 atom stereocenters. The molecule has 1 aliphatic rings. The van der Waals surface area contributed by atoms with Crippen molar-refractivity contribution in [2.75, 3.05) is 5.75 Å². The SMILES string of the molecule is C.CCS(=O)(=O)c1cccc(-c2cc(C(=O)NC3CCC(O)CC3)c(C)c3[nH]c4ncc(C)cc4c23)c1. The molecule has 7 nitrogen and oxygen atoms in total. The maximum atomic E-state index is 13.5. The number of carbonyl (C=O) groups is 1. The molecular formula is C29H35N3O4S. The minimum atomic E-state index is -3.40. The lowest BCUT2D eigenvalue weighted by Crippen LogP contribution is -2.38. The van der Waals surface area contributed by atoms with Crippen LogP contribution in [0.5, 0.6) is 0 Å². The maximum Gasteiger partial charge on any atom is 0.251 e. The quantitative estimate of drug-likeness (QED) is 0.323. The summed E-state index contributed by atoms with van der Waals surface area (Å²) in [5, 5.41) is 14.8. The molecule has 0 aliphatic heterocycles. The van der Waals surface area contributed by atoms with Gasteiger partial charge in [-0.1, -0.05) is 26.5 Å². The zero-order valence-corrected chi connectivity index (χ0v) is 21.6. The number of nitrogens with one attached hydrogen (secondary N) is 2. The number of aliphatic hydroxyl groups excluding tert-OH is 1. The van der Waals surface area contributed by atoms with E-state index in [0.29, 0.717) is 18.4 Å². The molecule has 0 spiro atoms. The Hall–Kier alpha value is -3.23. The number of amides is 1. The average Bonchev–Trinajstić information content (AvgIpc) is 3.25. The molecule has 1 aliphatic carbocycles. The Morgan fingerprint density at radius 1 is 1.14 bits per heavy atom. The first-order valence-electron chi connectivity index (χ1n) is 12.4. The number of carbonyl (C=O) groups excluding carboxylic acids is 1. The Balaban J connectivity index is 0.00000320. The predicted octanol–water partition coefficient (Wildman–Crippen LogP) is 5.46. The van der Waals surface area contributed by atoms with Gasteiger partial charge in [0, 0.05) is 28.6 Å². The van der Waals surface area contributed by atoms with Crippen molar-refractivity contribution in [3.8, 4) is 11.1 Å². The summed E-state index contributed by atoms with van der Waals surface area (Å²) in [6, 6.07) is 10.9. The van der Waals surface area contributed by atoms with Crippen LogP contribution in [0, 0.1) is 13.8 Å². The molecule has 0 radical (unpaired) electrons. The summed E-state index contributed by atoms with van der Waals surface area (Å²) in [6.45, 7) is 5.54. The molecule has 2 heterocycles. The number of aromatic amines is 1. The first-order valence-corrected chi connectivity index (χ1v) is 14.1. The maximum absolute atomic E-state index is 13.5. The van der Waals surface area contributed by atoms with Crippen molar-refractivity contribution in [2.45, 2.75) is 70.9 Å². The van der Waals surface area contributed by atoms with Gasteiger partial charge in [0.2, 0.25) is 0 Å². The van der Waals surface area contributed by atoms with Crippen LogP contribution in [0.1, 0.15) is 61.5 Å². The van der Waals surface area contributed by atoms with Gasteiger partial charge in [-0.05, 0) is 86.1 Å². The summed E-state index contributed by atoms with van der Waals surface area (Å²) in [7, 11) is -3.40. The van der Waals surface area contributed by atoms with Gasteiger partial charge in [-0.25, -0.2) is 13.4 Å². The highest BCUT2D eigenvalue weighted by atomic mass is 32.2. The van der Waals surface area contributed by atoms with Gasteiger partial charge in [0.15, 0.2) is 9.84 Å². The van der Waals surface area contributed by atoms with E-state index in [1.807, 2.05) is 26.0 Å². The average molecular weight is 522 g/mol. The van der Waals surface area contributed by atoms with E-state index in [1.165, 1.54) is 0 Å². The second-order valence-corrected chi connectivity index (χ2v) is 12.1. The molecule has 8 heteroatoms. The molecule has 0 bridgehead atoms. The van der Waals surface area contributed by atoms with Crippen LogP contribution in [0.15, 0.2) is 47.5 Å². The number of rotatable bonds is 5. The fraction of sp³-hybridized carbons (Fsp3) is 0.379. The van der Waals surface area contributed by atoms with Crippen molar-refractivity contribution in [3.63, 3.8) is 0 Å². The van der Waals surface area contributed by atoms with Crippen LogP contribution in [-0.4, -0.2) is 47.3 Å². The lowest BCUT2D eigenvalue weighted by molar-refractivity contribution is 0.0867. The van der Waals surface area contributed by atoms with Crippen LogP contribution in [0.3, 0.4) is 0 Å². The number of aromatic nitrogens is 2. The Morgan fingerprint density at radius 3 is 2.57 bits per heavy atom. The number of fused-ring (bicyclic) bond motifs is 3. The van der Waals surface area contributed by atoms with Gasteiger partial charge < -0.3 is 15.4 Å². The summed E-state index contributed by atoms with van der Waals surface area (Å²) < 4.78 is 25.3. The van der Waals surface area contributed by atoms with E-state index in [9.17, 15) is 18.3 Å². The Labute approximate surface area is 218 Å². The minimum absolute atomic E-state index is 0. The Bertz CT molecular complexity index is 1580. The van der Waals surface area contributed by atoms with E-state index in [1.54, 1.807) is 31.3 Å². The smallest absolute Gasteiger partial charge is 0.251 e. The normalized spacial score (nSPS) is 18.1. The molecule has 5 rings (SSSR count). The molecule has 2 aromatic heterocycles. The number of H-pyrrole nitrogens is 1. The van der Waals surface area contributed by atoms with Crippen molar-refractivity contribution >= 4 is 37.7 Å². The van der Waals surface area contributed by atoms with E-state index in [-0.39, 0.29) is 36.1 Å². The van der Waals surface area contributed by atoms with Crippen molar-refractivity contribution < 1.29 is 18.3 Å². The van der Waals surface area contributed by atoms with Crippen molar-refractivity contribution in [1.29, 1.82) is 0 Å². The van der Waals surface area contributed by atoms with Crippen LogP contribution in [0.25, 0.3) is 33.1 Å². The van der Waals surface area contributed by atoms with E-state index < -0.39 is 9.84 Å². The number of benzene rings is 2. The number of aliphatic hydroxyl groups is 1. The highest BCUT2D eigenvalue weighted by Gasteiger charge is 2.25. The van der Waals surface area contributed by atoms with E-state index in [0.717, 1.165) is 57.0 Å². The van der Waals surface area contributed by atoms with Gasteiger partial charge in [-0.3, -0.25) is 4.79 Å². The third-order valence-electron chi connectivity index (χ3n) is 7.28. The highest BCUT2D eigenvalue weighted by molar-refractivity contribution is 7.91. The molecule has 1 amide bonds. The molecule has 4 aromatic rings. The summed E-state index contributed by atoms with van der Waals surface area (Å²) in [4.78, 5) is 21.7. The van der Waals surface area contributed by atoms with Gasteiger partial charge in [-0.15, -0.1) is 0 Å². The molecule has 1 fully saturated rings. The van der Waals surface area contributed by atoms with E-state index >= 15 is 0 Å². The lowest BCUT2D eigenvalue weighted by Gasteiger charge is -2.26. The standard InChI is InChI=1S/C28H31N3O4S.CH4/c1-4-36(34,35)21-7-5-6-18(13-21)23-14-22(28(33)30-19-8-10-20(32)11-9-19)17(3)26-25(23)24-12-16(2)15-29-27(24)31-26;/h5-7,12-15,19-20,32H,4,8-11H2,1-3H3,(H,29,31)(H,30,33);1H4. The van der Waals surface area contributed by atoms with Gasteiger partial charge in [0.25, 0.3) is 5.91 Å². The first kappa shape index (κ1) is 26.8. The summed E-state index contributed by atoms with van der Waals surface area (Å²) >= 11 is 0. The molecule has 196 valence electrons. The zero-order chi connectivity index (χ0) is 25.6. The van der Waals surface area contributed by atoms with Crippen molar-refractivity contribution in [2.24, 2.45) is 0 Å². The number of hydrogen-bond acceptors (Lipinski definition) is 5. The number of aryl methyl sites for hydroxylation is 2. The van der Waals surface area contributed by atoms with Gasteiger partial charge in [0.05, 0.1) is 22.3 Å². The third-order valence-corrected chi connectivity index (χ3v) is 9.02. The molecule has 3 N–H and O–H groups in total. The summed E-state index contributed by atoms with van der Waals surface area (Å²) in [5.41, 5.74) is 5.41. The molecular weight excluding hydrogens is 486 g/mol. The molecule has 2 aromatic carbocycles. The molecule has 0 saturated heterocycles. The van der Waals surface area contributed by atoms with Gasteiger partial charge in [-0.2, -0.15) is 0 Å². The minimum Gasteiger partial charge on any atom is -0.393 e. The van der Waals surface area contributed by atoms with Crippen LogP contribution >= 0.6 is 0 Å². The largest absolute Gasteiger partial charge is 0.393 e. The second kappa shape index (κ2) is 10.3. The molecule has 0 unspecified atom stereocenters. The first-order chi connectivity index (χ1) is 17.2. The number of hydrogen-bond donors (Lipinski definition) is 3. The summed E-state index contributed by atoms with van der Waals surface area (Å²) in [6.07, 6.45) is 4.35. The zero-order valence-electron chi connectivity index (χ0n) is 20.8. The van der Waals surface area contributed by atoms with Gasteiger partial charge >= 0.3 is 0 Å². The van der Waals surface area contributed by atoms with Crippen LogP contribution in [-0.2, 0) is 9.84 Å². The Morgan fingerprint density at radius 2 is 1.86 bits per heavy atom. The van der Waals surface area contributed by atoms with E-state index in [4.69, 9.17) is 0 Å². The molecule has 37 heavy (non-hydrogen) atoms. The van der Waals surface area contributed by atoms with Crippen LogP contribution in [0.2, 0.25) is 0 Å². The van der Waals surface area contributed by atoms with Gasteiger partial charge in [0.1, 0.15) is 5.65 Å². The lowest BCUT2D eigenvalue weighted by atomic mass is 9.91. The van der Waals surface area contributed by atoms with Crippen molar-refractivity contribution in [1.82, 2.24) is 15.3 Å². The highest BCUT2D eigenvalue weighted by Crippen LogP contribution is 2.38. The van der Waals surface area contributed by atoms with Crippen LogP contribution in [0.4, 0.5) is 0 Å². The fourth-order valence-corrected chi connectivity index (χ4v) is 6.09. The van der Waals surface area contributed by atoms with Crippen molar-refractivity contribution in [3.05, 3.63) is 59.3 Å². The fourth-order valence-electron chi connectivity index (χ4n) is 5.17. The topological polar surface area (TPSA) is 112 Å². The number of nitrogens with zero attached hydrogens (tertiary/aromatic N) is 1. The summed E-state index contributed by atoms with van der Waals surface area (Å²) in [5.74, 6) is -0.156. The number of pyridine rings is 1. The Kier molecular flexibility index (Phi) is 7.44. The predicted molar refractivity (Wildman–Crippen MR) is 149 cm³/mol. The number of sulfone groups is 1. The monoisotopic (exact) mass is 521 g/mol. The third kappa shape index (κ3) is 5.00.